The van der Waals surface area contributed by atoms with Crippen LogP contribution in [0.1, 0.15) is 19.3 Å². The van der Waals surface area contributed by atoms with Crippen LogP contribution in [0.4, 0.5) is 8.78 Å². The molecule has 0 radical (unpaired) electrons. The van der Waals surface area contributed by atoms with Crippen molar-refractivity contribution in [3.8, 4) is 0 Å². The van der Waals surface area contributed by atoms with Crippen molar-refractivity contribution in [1.82, 2.24) is 4.72 Å². The van der Waals surface area contributed by atoms with Gasteiger partial charge in [0.05, 0.1) is 4.90 Å². The Bertz CT molecular complexity index is 625. The number of hydrogen-bond donors (Lipinski definition) is 1. The lowest BCUT2D eigenvalue weighted by molar-refractivity contribution is -0.123. The van der Waals surface area contributed by atoms with Crippen LogP contribution in [0.15, 0.2) is 23.1 Å². The molecule has 0 aliphatic carbocycles. The van der Waals surface area contributed by atoms with E-state index in [0.29, 0.717) is 44.6 Å². The van der Waals surface area contributed by atoms with E-state index in [1.54, 1.807) is 0 Å². The smallest absolute Gasteiger partial charge is 0.264 e. The molecule has 0 aromatic heterocycles. The van der Waals surface area contributed by atoms with Crippen LogP contribution in [0.3, 0.4) is 0 Å². The summed E-state index contributed by atoms with van der Waals surface area (Å²) in [5, 5.41) is 0. The van der Waals surface area contributed by atoms with Crippen molar-refractivity contribution >= 4 is 15.9 Å². The second-order valence-electron chi connectivity index (χ2n) is 4.79. The Kier molecular flexibility index (Phi) is 4.89. The Balaban J connectivity index is 2.12. The number of ether oxygens (including phenoxy) is 1. The number of carbonyl (C=O) groups is 1. The second-order valence-corrected chi connectivity index (χ2v) is 6.47. The zero-order chi connectivity index (χ0) is 15.5. The maximum Gasteiger partial charge on any atom is 0.264 e. The molecule has 1 amide bonds. The van der Waals surface area contributed by atoms with Crippen molar-refractivity contribution in [1.29, 1.82) is 0 Å². The first-order chi connectivity index (χ1) is 9.90. The molecule has 1 saturated heterocycles. The highest BCUT2D eigenvalue weighted by Crippen LogP contribution is 2.18. The van der Waals surface area contributed by atoms with Gasteiger partial charge >= 0.3 is 0 Å². The number of carbonyl (C=O) groups excluding carboxylic acids is 1. The van der Waals surface area contributed by atoms with Gasteiger partial charge in [0.2, 0.25) is 5.91 Å². The Morgan fingerprint density at radius 2 is 1.95 bits per heavy atom. The summed E-state index contributed by atoms with van der Waals surface area (Å²) in [5.41, 5.74) is 0. The largest absolute Gasteiger partial charge is 0.381 e. The lowest BCUT2D eigenvalue weighted by Crippen LogP contribution is -2.36. The van der Waals surface area contributed by atoms with Gasteiger partial charge in [-0.15, -0.1) is 0 Å². The number of hydrogen-bond acceptors (Lipinski definition) is 4. The van der Waals surface area contributed by atoms with E-state index in [9.17, 15) is 22.0 Å². The normalized spacial score (nSPS) is 19.8. The van der Waals surface area contributed by atoms with Gasteiger partial charge in [-0.05, 0) is 37.5 Å². The lowest BCUT2D eigenvalue weighted by Gasteiger charge is -2.14. The summed E-state index contributed by atoms with van der Waals surface area (Å²) in [6.45, 7) is 0.934. The summed E-state index contributed by atoms with van der Waals surface area (Å²) in [6, 6.07) is 2.15. The Hall–Kier alpha value is -1.54. The molecule has 1 heterocycles. The Labute approximate surface area is 121 Å². The molecule has 1 unspecified atom stereocenters. The molecular formula is C13H15F2NO4S. The summed E-state index contributed by atoms with van der Waals surface area (Å²) in [6.07, 6.45) is 1.63. The number of nitrogens with one attached hydrogen (secondary N) is 1. The Morgan fingerprint density at radius 3 is 2.67 bits per heavy atom. The van der Waals surface area contributed by atoms with Crippen molar-refractivity contribution in [3.05, 3.63) is 29.8 Å². The summed E-state index contributed by atoms with van der Waals surface area (Å²) in [4.78, 5) is 11.5. The van der Waals surface area contributed by atoms with Crippen LogP contribution in [-0.4, -0.2) is 27.5 Å². The van der Waals surface area contributed by atoms with Crippen LogP contribution in [-0.2, 0) is 19.6 Å². The number of sulfonamides is 1. The molecule has 1 aromatic carbocycles. The van der Waals surface area contributed by atoms with E-state index in [4.69, 9.17) is 4.74 Å². The fraction of sp³-hybridized carbons (Fsp3) is 0.462. The molecule has 1 fully saturated rings. The highest BCUT2D eigenvalue weighted by Gasteiger charge is 2.26. The van der Waals surface area contributed by atoms with Crippen molar-refractivity contribution < 1.29 is 26.7 Å². The maximum absolute atomic E-state index is 13.1. The first-order valence-corrected chi connectivity index (χ1v) is 7.98. The molecule has 116 valence electrons. The lowest BCUT2D eigenvalue weighted by atomic mass is 10.0. The van der Waals surface area contributed by atoms with Crippen LogP contribution in [0.5, 0.6) is 0 Å². The van der Waals surface area contributed by atoms with Gasteiger partial charge in [-0.3, -0.25) is 4.79 Å². The van der Waals surface area contributed by atoms with Gasteiger partial charge < -0.3 is 4.74 Å². The van der Waals surface area contributed by atoms with Gasteiger partial charge in [0, 0.05) is 19.1 Å². The third-order valence-corrected chi connectivity index (χ3v) is 4.60. The van der Waals surface area contributed by atoms with Gasteiger partial charge in [0.15, 0.2) is 11.6 Å². The molecule has 2 rings (SSSR count). The molecule has 0 bridgehead atoms. The molecule has 0 saturated carbocycles. The third kappa shape index (κ3) is 3.98. The molecule has 5 nitrogen and oxygen atoms in total. The van der Waals surface area contributed by atoms with E-state index in [0.717, 1.165) is 6.07 Å². The quantitative estimate of drug-likeness (QED) is 0.918. The summed E-state index contributed by atoms with van der Waals surface area (Å²) >= 11 is 0. The van der Waals surface area contributed by atoms with Crippen molar-refractivity contribution in [3.63, 3.8) is 0 Å². The van der Waals surface area contributed by atoms with E-state index in [-0.39, 0.29) is 0 Å². The predicted molar refractivity (Wildman–Crippen MR) is 69.8 cm³/mol. The number of rotatable bonds is 3. The minimum absolute atomic E-state index is 0.392. The van der Waals surface area contributed by atoms with Crippen LogP contribution in [0.2, 0.25) is 0 Å². The summed E-state index contributed by atoms with van der Waals surface area (Å²) in [5.74, 6) is -3.55. The van der Waals surface area contributed by atoms with Crippen molar-refractivity contribution in [2.75, 3.05) is 13.2 Å². The standard InChI is InChI=1S/C13H15F2NO4S/c14-11-4-3-10(8-12(11)15)21(18,19)16-13(17)9-2-1-6-20-7-5-9/h3-4,8-9H,1-2,5-7H2,(H,16,17). The number of benzene rings is 1. The van der Waals surface area contributed by atoms with E-state index >= 15 is 0 Å². The second kappa shape index (κ2) is 6.48. The average molecular weight is 319 g/mol. The molecular weight excluding hydrogens is 304 g/mol. The first-order valence-electron chi connectivity index (χ1n) is 6.49. The summed E-state index contributed by atoms with van der Waals surface area (Å²) < 4.78 is 57.0. The summed E-state index contributed by atoms with van der Waals surface area (Å²) in [7, 11) is -4.21. The fourth-order valence-corrected chi connectivity index (χ4v) is 3.14. The molecule has 1 aliphatic rings. The molecule has 1 N–H and O–H groups in total. The van der Waals surface area contributed by atoms with Gasteiger partial charge in [-0.25, -0.2) is 21.9 Å². The molecule has 21 heavy (non-hydrogen) atoms. The number of amides is 1. The SMILES string of the molecule is O=C(NS(=O)(=O)c1ccc(F)c(F)c1)C1CCCOCC1. The topological polar surface area (TPSA) is 72.5 Å². The third-order valence-electron chi connectivity index (χ3n) is 3.26. The minimum atomic E-state index is -4.21. The molecule has 8 heteroatoms. The molecule has 1 atom stereocenters. The highest BCUT2D eigenvalue weighted by molar-refractivity contribution is 7.90. The van der Waals surface area contributed by atoms with Crippen LogP contribution >= 0.6 is 0 Å². The van der Waals surface area contributed by atoms with E-state index in [2.05, 4.69) is 0 Å². The zero-order valence-corrected chi connectivity index (χ0v) is 12.0. The van der Waals surface area contributed by atoms with Crippen LogP contribution < -0.4 is 4.72 Å². The maximum atomic E-state index is 13.1. The van der Waals surface area contributed by atoms with Gasteiger partial charge in [-0.1, -0.05) is 0 Å². The van der Waals surface area contributed by atoms with Gasteiger partial charge in [0.25, 0.3) is 10.0 Å². The van der Waals surface area contributed by atoms with Gasteiger partial charge in [-0.2, -0.15) is 0 Å². The van der Waals surface area contributed by atoms with Crippen LogP contribution in [0, 0.1) is 17.6 Å². The van der Waals surface area contributed by atoms with Crippen LogP contribution in [0.25, 0.3) is 0 Å². The minimum Gasteiger partial charge on any atom is -0.381 e. The average Bonchev–Trinajstić information content (AvgIpc) is 2.70. The van der Waals surface area contributed by atoms with E-state index < -0.39 is 38.4 Å². The number of halogens is 2. The fourth-order valence-electron chi connectivity index (χ4n) is 2.08. The monoisotopic (exact) mass is 319 g/mol. The van der Waals surface area contributed by atoms with E-state index in [1.807, 2.05) is 4.72 Å². The van der Waals surface area contributed by atoms with Crippen molar-refractivity contribution in [2.24, 2.45) is 5.92 Å². The Morgan fingerprint density at radius 1 is 1.19 bits per heavy atom. The van der Waals surface area contributed by atoms with Gasteiger partial charge in [0.1, 0.15) is 0 Å². The van der Waals surface area contributed by atoms with E-state index in [1.165, 1.54) is 0 Å². The predicted octanol–water partition coefficient (Wildman–Crippen LogP) is 1.59. The highest BCUT2D eigenvalue weighted by atomic mass is 32.2. The van der Waals surface area contributed by atoms with Crippen molar-refractivity contribution in [2.45, 2.75) is 24.2 Å². The first kappa shape index (κ1) is 15.8. The molecule has 0 spiro atoms. The zero-order valence-electron chi connectivity index (χ0n) is 11.1. The molecule has 1 aromatic rings. The molecule has 1 aliphatic heterocycles.